The van der Waals surface area contributed by atoms with Crippen LogP contribution in [0, 0.1) is 0 Å². The molecule has 0 radical (unpaired) electrons. The number of anilines is 2. The van der Waals surface area contributed by atoms with E-state index in [0.717, 1.165) is 43.0 Å². The van der Waals surface area contributed by atoms with Crippen LogP contribution in [-0.2, 0) is 4.79 Å². The molecular formula is C17H24N6O. The molecule has 1 aliphatic heterocycles. The van der Waals surface area contributed by atoms with E-state index in [4.69, 9.17) is 0 Å². The summed E-state index contributed by atoms with van der Waals surface area (Å²) in [7, 11) is 0. The molecule has 7 nitrogen and oxygen atoms in total. The highest BCUT2D eigenvalue weighted by Crippen LogP contribution is 2.30. The summed E-state index contributed by atoms with van der Waals surface area (Å²) >= 11 is 0. The first-order valence-corrected chi connectivity index (χ1v) is 8.70. The van der Waals surface area contributed by atoms with E-state index in [9.17, 15) is 4.79 Å². The Morgan fingerprint density at radius 1 is 1.25 bits per heavy atom. The normalized spacial score (nSPS) is 14.6. The van der Waals surface area contributed by atoms with Crippen LogP contribution in [0.4, 0.5) is 11.4 Å². The van der Waals surface area contributed by atoms with Crippen LogP contribution in [0.5, 0.6) is 0 Å². The Hall–Kier alpha value is -2.44. The van der Waals surface area contributed by atoms with Crippen LogP contribution in [0.3, 0.4) is 0 Å². The van der Waals surface area contributed by atoms with Gasteiger partial charge in [-0.25, -0.2) is 4.68 Å². The molecule has 1 aromatic carbocycles. The Bertz CT molecular complexity index is 664. The van der Waals surface area contributed by atoms with Crippen molar-refractivity contribution >= 4 is 17.3 Å². The maximum absolute atomic E-state index is 12.2. The third-order valence-electron chi connectivity index (χ3n) is 4.32. The average molecular weight is 328 g/mol. The number of benzene rings is 1. The molecule has 1 amide bonds. The molecule has 128 valence electrons. The van der Waals surface area contributed by atoms with Crippen molar-refractivity contribution in [2.75, 3.05) is 23.3 Å². The van der Waals surface area contributed by atoms with E-state index < -0.39 is 0 Å². The number of aromatic nitrogens is 4. The highest BCUT2D eigenvalue weighted by Gasteiger charge is 2.17. The van der Waals surface area contributed by atoms with Gasteiger partial charge in [-0.15, -0.1) is 5.10 Å². The zero-order chi connectivity index (χ0) is 16.8. The van der Waals surface area contributed by atoms with Crippen molar-refractivity contribution in [2.24, 2.45) is 0 Å². The minimum atomic E-state index is 0.0592. The smallest absolute Gasteiger partial charge is 0.224 e. The van der Waals surface area contributed by atoms with Crippen molar-refractivity contribution in [3.63, 3.8) is 0 Å². The lowest BCUT2D eigenvalue weighted by Crippen LogP contribution is -2.30. The van der Waals surface area contributed by atoms with Gasteiger partial charge < -0.3 is 10.2 Å². The van der Waals surface area contributed by atoms with Gasteiger partial charge in [-0.1, -0.05) is 13.3 Å². The Kier molecular flexibility index (Phi) is 5.40. The largest absolute Gasteiger partial charge is 0.370 e. The van der Waals surface area contributed by atoms with Gasteiger partial charge >= 0.3 is 0 Å². The summed E-state index contributed by atoms with van der Waals surface area (Å²) in [6, 6.07) is 5.99. The van der Waals surface area contributed by atoms with Crippen molar-refractivity contribution in [1.29, 1.82) is 0 Å². The molecule has 1 fully saturated rings. The third-order valence-corrected chi connectivity index (χ3v) is 4.32. The molecule has 1 aliphatic rings. The molecule has 2 heterocycles. The molecule has 0 spiro atoms. The first-order chi connectivity index (χ1) is 11.8. The number of rotatable bonds is 6. The second-order valence-electron chi connectivity index (χ2n) is 6.16. The molecule has 0 bridgehead atoms. The number of tetrazole rings is 1. The van der Waals surface area contributed by atoms with Crippen LogP contribution in [0.2, 0.25) is 0 Å². The summed E-state index contributed by atoms with van der Waals surface area (Å²) in [6.45, 7) is 4.15. The van der Waals surface area contributed by atoms with Crippen molar-refractivity contribution in [2.45, 2.75) is 45.4 Å². The number of hydrogen-bond donors (Lipinski definition) is 1. The molecule has 1 saturated heterocycles. The van der Waals surface area contributed by atoms with Crippen LogP contribution in [0.1, 0.15) is 45.4 Å². The van der Waals surface area contributed by atoms with Gasteiger partial charge in [0.15, 0.2) is 0 Å². The molecule has 0 unspecified atom stereocenters. The molecule has 0 saturated carbocycles. The topological polar surface area (TPSA) is 75.9 Å². The zero-order valence-electron chi connectivity index (χ0n) is 14.1. The summed E-state index contributed by atoms with van der Waals surface area (Å²) < 4.78 is 1.60. The number of nitrogens with one attached hydrogen (secondary N) is 1. The van der Waals surface area contributed by atoms with Crippen LogP contribution in [0.15, 0.2) is 24.5 Å². The molecule has 7 heteroatoms. The van der Waals surface area contributed by atoms with E-state index in [-0.39, 0.29) is 5.91 Å². The van der Waals surface area contributed by atoms with Crippen molar-refractivity contribution in [1.82, 2.24) is 20.2 Å². The standard InChI is InChI=1S/C17H24N6O/c1-2-3-7-17(24)19-15-12-14(23-13-18-20-21-23)8-9-16(15)22-10-5-4-6-11-22/h8-9,12-13H,2-7,10-11H2,1H3,(H,19,24). The Morgan fingerprint density at radius 2 is 2.08 bits per heavy atom. The van der Waals surface area contributed by atoms with Crippen LogP contribution >= 0.6 is 0 Å². The van der Waals surface area contributed by atoms with Crippen molar-refractivity contribution in [3.8, 4) is 5.69 Å². The van der Waals surface area contributed by atoms with Gasteiger partial charge in [0.05, 0.1) is 17.1 Å². The second kappa shape index (κ2) is 7.90. The number of piperidine rings is 1. The fraction of sp³-hybridized carbons (Fsp3) is 0.529. The molecule has 0 atom stereocenters. The predicted molar refractivity (Wildman–Crippen MR) is 93.4 cm³/mol. The SMILES string of the molecule is CCCCC(=O)Nc1cc(-n2cnnn2)ccc1N1CCCCC1. The Morgan fingerprint density at radius 3 is 2.79 bits per heavy atom. The summed E-state index contributed by atoms with van der Waals surface area (Å²) in [5.41, 5.74) is 2.76. The number of carbonyl (C=O) groups is 1. The van der Waals surface area contributed by atoms with E-state index in [1.165, 1.54) is 19.3 Å². The van der Waals surface area contributed by atoms with Gasteiger partial charge in [-0.3, -0.25) is 4.79 Å². The average Bonchev–Trinajstić information content (AvgIpc) is 3.15. The highest BCUT2D eigenvalue weighted by atomic mass is 16.1. The van der Waals surface area contributed by atoms with Gasteiger partial charge in [0.25, 0.3) is 0 Å². The van der Waals surface area contributed by atoms with Gasteiger partial charge in [0.1, 0.15) is 6.33 Å². The maximum Gasteiger partial charge on any atom is 0.224 e. The second-order valence-corrected chi connectivity index (χ2v) is 6.16. The predicted octanol–water partition coefficient (Wildman–Crippen LogP) is 2.78. The van der Waals surface area contributed by atoms with Gasteiger partial charge in [0, 0.05) is 19.5 Å². The number of unbranched alkanes of at least 4 members (excludes halogenated alkanes) is 1. The minimum absolute atomic E-state index is 0.0592. The van der Waals surface area contributed by atoms with E-state index in [1.807, 2.05) is 12.1 Å². The van der Waals surface area contributed by atoms with E-state index in [1.54, 1.807) is 11.0 Å². The summed E-state index contributed by atoms with van der Waals surface area (Å²) in [4.78, 5) is 14.6. The molecule has 1 N–H and O–H groups in total. The fourth-order valence-electron chi connectivity index (χ4n) is 3.01. The summed E-state index contributed by atoms with van der Waals surface area (Å²) in [5, 5.41) is 14.4. The van der Waals surface area contributed by atoms with E-state index >= 15 is 0 Å². The maximum atomic E-state index is 12.2. The Labute approximate surface area is 142 Å². The lowest BCUT2D eigenvalue weighted by Gasteiger charge is -2.30. The van der Waals surface area contributed by atoms with Gasteiger partial charge in [-0.05, 0) is 54.3 Å². The zero-order valence-corrected chi connectivity index (χ0v) is 14.1. The first kappa shape index (κ1) is 16.4. The number of carbonyl (C=O) groups excluding carboxylic acids is 1. The van der Waals surface area contributed by atoms with Crippen molar-refractivity contribution in [3.05, 3.63) is 24.5 Å². The number of amides is 1. The summed E-state index contributed by atoms with van der Waals surface area (Å²) in [6.07, 6.45) is 7.67. The monoisotopic (exact) mass is 328 g/mol. The van der Waals surface area contributed by atoms with Crippen LogP contribution in [-0.4, -0.2) is 39.2 Å². The lowest BCUT2D eigenvalue weighted by atomic mass is 10.1. The number of hydrogen-bond acceptors (Lipinski definition) is 5. The highest BCUT2D eigenvalue weighted by molar-refractivity contribution is 5.94. The summed E-state index contributed by atoms with van der Waals surface area (Å²) in [5.74, 6) is 0.0592. The minimum Gasteiger partial charge on any atom is -0.370 e. The first-order valence-electron chi connectivity index (χ1n) is 8.70. The van der Waals surface area contributed by atoms with Crippen LogP contribution < -0.4 is 10.2 Å². The van der Waals surface area contributed by atoms with Crippen LogP contribution in [0.25, 0.3) is 5.69 Å². The molecule has 0 aliphatic carbocycles. The molecule has 24 heavy (non-hydrogen) atoms. The lowest BCUT2D eigenvalue weighted by molar-refractivity contribution is -0.116. The van der Waals surface area contributed by atoms with Gasteiger partial charge in [0.2, 0.25) is 5.91 Å². The van der Waals surface area contributed by atoms with Gasteiger partial charge in [-0.2, -0.15) is 0 Å². The third kappa shape index (κ3) is 3.90. The molecule has 2 aromatic rings. The van der Waals surface area contributed by atoms with Crippen molar-refractivity contribution < 1.29 is 4.79 Å². The molecule has 1 aromatic heterocycles. The molecular weight excluding hydrogens is 304 g/mol. The quantitative estimate of drug-likeness (QED) is 0.882. The fourth-order valence-corrected chi connectivity index (χ4v) is 3.01. The Balaban J connectivity index is 1.87. The van der Waals surface area contributed by atoms with E-state index in [0.29, 0.717) is 6.42 Å². The van der Waals surface area contributed by atoms with E-state index in [2.05, 4.69) is 38.7 Å². The molecule has 3 rings (SSSR count). The number of nitrogens with zero attached hydrogens (tertiary/aromatic N) is 5.